The van der Waals surface area contributed by atoms with E-state index >= 15 is 0 Å². The third kappa shape index (κ3) is 11.3. The van der Waals surface area contributed by atoms with Crippen LogP contribution in [0.5, 0.6) is 5.75 Å². The molecule has 0 aliphatic heterocycles. The number of hydrogen-bond donors (Lipinski definition) is 2. The van der Waals surface area contributed by atoms with Crippen molar-refractivity contribution in [3.63, 3.8) is 0 Å². The maximum absolute atomic E-state index is 12.2. The molecule has 0 aliphatic rings. The lowest BCUT2D eigenvalue weighted by atomic mass is 10.1. The van der Waals surface area contributed by atoms with Crippen LogP contribution in [0.15, 0.2) is 18.2 Å². The van der Waals surface area contributed by atoms with E-state index in [4.69, 9.17) is 18.9 Å². The molecule has 1 aromatic rings. The van der Waals surface area contributed by atoms with Crippen molar-refractivity contribution in [2.45, 2.75) is 39.8 Å². The molecule has 0 atom stereocenters. The van der Waals surface area contributed by atoms with E-state index in [2.05, 4.69) is 4.72 Å². The van der Waals surface area contributed by atoms with Crippen LogP contribution in [-0.4, -0.2) is 71.6 Å². The van der Waals surface area contributed by atoms with Gasteiger partial charge in [0.05, 0.1) is 33.0 Å². The number of benzene rings is 1. The first-order chi connectivity index (χ1) is 14.1. The van der Waals surface area contributed by atoms with Gasteiger partial charge in [-0.05, 0) is 33.3 Å². The quantitative estimate of drug-likeness (QED) is 0.352. The average Bonchev–Trinajstić information content (AvgIpc) is 2.63. The van der Waals surface area contributed by atoms with Crippen LogP contribution in [0.4, 0.5) is 4.79 Å². The van der Waals surface area contributed by atoms with Gasteiger partial charge in [0.2, 0.25) is 10.9 Å². The molecule has 0 heterocycles. The van der Waals surface area contributed by atoms with E-state index < -0.39 is 22.6 Å². The molecular formula is C20H34N2O7S. The molecular weight excluding hydrogens is 412 g/mol. The maximum Gasteiger partial charge on any atom is 0.410 e. The van der Waals surface area contributed by atoms with Gasteiger partial charge in [-0.3, -0.25) is 0 Å². The lowest BCUT2D eigenvalue weighted by molar-refractivity contribution is 0.0281. The third-order valence-electron chi connectivity index (χ3n) is 3.74. The molecule has 10 heteroatoms. The number of amides is 1. The predicted molar refractivity (Wildman–Crippen MR) is 114 cm³/mol. The van der Waals surface area contributed by atoms with Gasteiger partial charge in [0.25, 0.3) is 0 Å². The molecule has 172 valence electrons. The van der Waals surface area contributed by atoms with E-state index in [0.717, 1.165) is 16.9 Å². The number of thiol groups is 1. The first-order valence-corrected chi connectivity index (χ1v) is 11.0. The molecule has 0 saturated heterocycles. The molecule has 1 amide bonds. The maximum atomic E-state index is 12.2. The van der Waals surface area contributed by atoms with Crippen LogP contribution in [-0.2, 0) is 31.6 Å². The highest BCUT2D eigenvalue weighted by atomic mass is 32.2. The van der Waals surface area contributed by atoms with Crippen molar-refractivity contribution < 1.29 is 32.2 Å². The Balaban J connectivity index is 2.40. The van der Waals surface area contributed by atoms with Crippen LogP contribution >= 0.6 is 0 Å². The SMILES string of the molecule is Cc1cccc(CN(C)C(=O)OC(C)(C)C)c1OCCOCCOCCN[SH](=O)=O. The third-order valence-corrected chi connectivity index (χ3v) is 4.22. The first-order valence-electron chi connectivity index (χ1n) is 9.79. The molecule has 0 radical (unpaired) electrons. The van der Waals surface area contributed by atoms with Gasteiger partial charge in [0.1, 0.15) is 18.0 Å². The molecule has 30 heavy (non-hydrogen) atoms. The van der Waals surface area contributed by atoms with Crippen LogP contribution in [0.1, 0.15) is 31.9 Å². The van der Waals surface area contributed by atoms with Crippen molar-refractivity contribution in [1.82, 2.24) is 9.62 Å². The Hall–Kier alpha value is -1.88. The molecule has 1 rings (SSSR count). The van der Waals surface area contributed by atoms with Crippen LogP contribution < -0.4 is 9.46 Å². The molecule has 0 saturated carbocycles. The lowest BCUT2D eigenvalue weighted by Crippen LogP contribution is -2.34. The fraction of sp³-hybridized carbons (Fsp3) is 0.650. The number of hydrogen-bond acceptors (Lipinski definition) is 7. The number of aryl methyl sites for hydroxylation is 1. The van der Waals surface area contributed by atoms with Crippen molar-refractivity contribution in [2.75, 3.05) is 46.6 Å². The minimum atomic E-state index is -2.58. The van der Waals surface area contributed by atoms with Crippen molar-refractivity contribution in [2.24, 2.45) is 0 Å². The van der Waals surface area contributed by atoms with E-state index in [0.29, 0.717) is 39.6 Å². The number of nitrogens with one attached hydrogen (secondary N) is 1. The van der Waals surface area contributed by atoms with Gasteiger partial charge >= 0.3 is 6.09 Å². The summed E-state index contributed by atoms with van der Waals surface area (Å²) in [5.41, 5.74) is 1.30. The molecule has 0 fully saturated rings. The molecule has 9 nitrogen and oxygen atoms in total. The first kappa shape index (κ1) is 26.2. The van der Waals surface area contributed by atoms with Crippen LogP contribution in [0.25, 0.3) is 0 Å². The zero-order chi connectivity index (χ0) is 22.6. The van der Waals surface area contributed by atoms with Crippen LogP contribution in [0.3, 0.4) is 0 Å². The van der Waals surface area contributed by atoms with Gasteiger partial charge in [0, 0.05) is 19.2 Å². The number of rotatable bonds is 13. The summed E-state index contributed by atoms with van der Waals surface area (Å²) >= 11 is 0. The second kappa shape index (κ2) is 13.4. The molecule has 0 unspecified atom stereocenters. The number of ether oxygens (including phenoxy) is 4. The lowest BCUT2D eigenvalue weighted by Gasteiger charge is -2.25. The summed E-state index contributed by atoms with van der Waals surface area (Å²) in [6, 6.07) is 5.79. The fourth-order valence-electron chi connectivity index (χ4n) is 2.44. The Morgan fingerprint density at radius 3 is 2.33 bits per heavy atom. The van der Waals surface area contributed by atoms with E-state index in [1.165, 1.54) is 4.90 Å². The molecule has 0 bridgehead atoms. The van der Waals surface area contributed by atoms with Crippen molar-refractivity contribution in [3.05, 3.63) is 29.3 Å². The Morgan fingerprint density at radius 2 is 1.70 bits per heavy atom. The Bertz CT molecular complexity index is 724. The van der Waals surface area contributed by atoms with Crippen molar-refractivity contribution in [1.29, 1.82) is 0 Å². The highest BCUT2D eigenvalue weighted by Gasteiger charge is 2.20. The molecule has 0 aliphatic carbocycles. The largest absolute Gasteiger partial charge is 0.491 e. The standard InChI is InChI=1S/C20H34N2O7S/c1-16-7-6-8-17(15-22(5)19(23)29-20(2,3)4)18(16)28-14-13-27-12-11-26-10-9-21-30(24)25/h6-8,30H,9-15H2,1-5H3,(H,21,24,25). The molecule has 0 aromatic heterocycles. The molecule has 1 aromatic carbocycles. The van der Waals surface area contributed by atoms with E-state index in [9.17, 15) is 13.2 Å². The van der Waals surface area contributed by atoms with Gasteiger partial charge in [-0.25, -0.2) is 17.9 Å². The fourth-order valence-corrected chi connectivity index (χ4v) is 2.71. The second-order valence-corrected chi connectivity index (χ2v) is 8.47. The normalized spacial score (nSPS) is 11.5. The minimum absolute atomic E-state index is 0.246. The summed E-state index contributed by atoms with van der Waals surface area (Å²) in [5.74, 6) is 0.727. The zero-order valence-corrected chi connectivity index (χ0v) is 19.3. The van der Waals surface area contributed by atoms with Crippen LogP contribution in [0, 0.1) is 6.92 Å². The molecule has 0 spiro atoms. The number of carbonyl (C=O) groups is 1. The Kier molecular flexibility index (Phi) is 11.7. The number of nitrogens with zero attached hydrogens (tertiary/aromatic N) is 1. The average molecular weight is 447 g/mol. The highest BCUT2D eigenvalue weighted by molar-refractivity contribution is 7.70. The van der Waals surface area contributed by atoms with E-state index in [1.54, 1.807) is 7.05 Å². The topological polar surface area (TPSA) is 103 Å². The summed E-state index contributed by atoms with van der Waals surface area (Å²) < 4.78 is 44.9. The number of carbonyl (C=O) groups excluding carboxylic acids is 1. The van der Waals surface area contributed by atoms with Gasteiger partial charge in [-0.1, -0.05) is 18.2 Å². The van der Waals surface area contributed by atoms with E-state index in [1.807, 2.05) is 45.9 Å². The van der Waals surface area contributed by atoms with Gasteiger partial charge in [-0.2, -0.15) is 0 Å². The van der Waals surface area contributed by atoms with Crippen molar-refractivity contribution >= 4 is 17.0 Å². The summed E-state index contributed by atoms with van der Waals surface area (Å²) in [5, 5.41) is 0. The predicted octanol–water partition coefficient (Wildman–Crippen LogP) is 1.89. The smallest absolute Gasteiger partial charge is 0.410 e. The van der Waals surface area contributed by atoms with Gasteiger partial charge < -0.3 is 23.8 Å². The Morgan fingerprint density at radius 1 is 1.07 bits per heavy atom. The zero-order valence-electron chi connectivity index (χ0n) is 18.4. The summed E-state index contributed by atoms with van der Waals surface area (Å²) in [6.45, 7) is 9.83. The summed E-state index contributed by atoms with van der Waals surface area (Å²) in [4.78, 5) is 13.7. The molecule has 1 N–H and O–H groups in total. The van der Waals surface area contributed by atoms with E-state index in [-0.39, 0.29) is 6.54 Å². The number of para-hydroxylation sites is 1. The Labute approximate surface area is 180 Å². The summed E-state index contributed by atoms with van der Waals surface area (Å²) in [7, 11) is -0.895. The highest BCUT2D eigenvalue weighted by Crippen LogP contribution is 2.25. The van der Waals surface area contributed by atoms with Crippen LogP contribution in [0.2, 0.25) is 0 Å². The summed E-state index contributed by atoms with van der Waals surface area (Å²) in [6.07, 6.45) is -0.393. The van der Waals surface area contributed by atoms with Gasteiger partial charge in [-0.15, -0.1) is 0 Å². The van der Waals surface area contributed by atoms with Gasteiger partial charge in [0.15, 0.2) is 0 Å². The monoisotopic (exact) mass is 446 g/mol. The van der Waals surface area contributed by atoms with Crippen molar-refractivity contribution in [3.8, 4) is 5.75 Å². The second-order valence-electron chi connectivity index (χ2n) is 7.64. The minimum Gasteiger partial charge on any atom is -0.491 e.